The van der Waals surface area contributed by atoms with Crippen molar-refractivity contribution >= 4 is 33.3 Å². The summed E-state index contributed by atoms with van der Waals surface area (Å²) in [5, 5.41) is 1.05. The lowest BCUT2D eigenvalue weighted by Crippen LogP contribution is -2.18. The third kappa shape index (κ3) is 2.42. The maximum atomic E-state index is 5.81. The quantitative estimate of drug-likeness (QED) is 0.801. The highest BCUT2D eigenvalue weighted by molar-refractivity contribution is 7.18. The molecule has 3 aromatic rings. The van der Waals surface area contributed by atoms with Gasteiger partial charge in [0.25, 0.3) is 0 Å². The molecule has 0 saturated carbocycles. The van der Waals surface area contributed by atoms with Crippen LogP contribution in [0.1, 0.15) is 10.4 Å². The maximum absolute atomic E-state index is 5.81. The Hall–Kier alpha value is -2.21. The Labute approximate surface area is 121 Å². The molecule has 3 aromatic heterocycles. The first kappa shape index (κ1) is 12.8. The predicted molar refractivity (Wildman–Crippen MR) is 82.9 cm³/mol. The fraction of sp³-hybridized carbons (Fsp3) is 0.214. The zero-order valence-corrected chi connectivity index (χ0v) is 12.2. The zero-order valence-electron chi connectivity index (χ0n) is 11.4. The SMILES string of the molecule is Cc1cc2c(N(C)Cc3cccnc3)nc(N)nc2s1. The normalized spacial score (nSPS) is 10.9. The third-order valence-corrected chi connectivity index (χ3v) is 3.96. The van der Waals surface area contributed by atoms with Crippen molar-refractivity contribution in [3.63, 3.8) is 0 Å². The number of anilines is 2. The molecule has 0 unspecified atom stereocenters. The Morgan fingerprint density at radius 3 is 2.95 bits per heavy atom. The Balaban J connectivity index is 2.00. The van der Waals surface area contributed by atoms with E-state index in [0.29, 0.717) is 5.95 Å². The highest BCUT2D eigenvalue weighted by Crippen LogP contribution is 2.31. The van der Waals surface area contributed by atoms with Crippen molar-refractivity contribution in [2.24, 2.45) is 0 Å². The van der Waals surface area contributed by atoms with Crippen LogP contribution in [0.15, 0.2) is 30.6 Å². The van der Waals surface area contributed by atoms with Gasteiger partial charge in [-0.05, 0) is 24.6 Å². The van der Waals surface area contributed by atoms with Crippen LogP contribution in [0.3, 0.4) is 0 Å². The van der Waals surface area contributed by atoms with Gasteiger partial charge < -0.3 is 10.6 Å². The molecule has 0 aliphatic heterocycles. The second-order valence-corrected chi connectivity index (χ2v) is 5.93. The van der Waals surface area contributed by atoms with Gasteiger partial charge in [-0.2, -0.15) is 4.98 Å². The Bertz CT molecular complexity index is 738. The van der Waals surface area contributed by atoms with Crippen LogP contribution in [-0.4, -0.2) is 22.0 Å². The van der Waals surface area contributed by atoms with Gasteiger partial charge in [-0.1, -0.05) is 6.07 Å². The molecule has 0 amide bonds. The first-order valence-corrected chi connectivity index (χ1v) is 7.09. The largest absolute Gasteiger partial charge is 0.368 e. The number of nitrogens with zero attached hydrogens (tertiary/aromatic N) is 4. The van der Waals surface area contributed by atoms with Gasteiger partial charge in [0.2, 0.25) is 5.95 Å². The van der Waals surface area contributed by atoms with Gasteiger partial charge in [0, 0.05) is 30.9 Å². The number of fused-ring (bicyclic) bond motifs is 1. The molecule has 102 valence electrons. The van der Waals surface area contributed by atoms with Crippen LogP contribution in [0.2, 0.25) is 0 Å². The molecule has 5 nitrogen and oxygen atoms in total. The van der Waals surface area contributed by atoms with Crippen LogP contribution in [0.4, 0.5) is 11.8 Å². The van der Waals surface area contributed by atoms with E-state index in [2.05, 4.69) is 32.8 Å². The molecule has 20 heavy (non-hydrogen) atoms. The highest BCUT2D eigenvalue weighted by Gasteiger charge is 2.13. The second kappa shape index (κ2) is 5.05. The van der Waals surface area contributed by atoms with Crippen LogP contribution in [0.25, 0.3) is 10.2 Å². The van der Waals surface area contributed by atoms with Crippen molar-refractivity contribution in [3.05, 3.63) is 41.0 Å². The summed E-state index contributed by atoms with van der Waals surface area (Å²) in [4.78, 5) is 17.0. The van der Waals surface area contributed by atoms with Crippen LogP contribution in [0.5, 0.6) is 0 Å². The molecule has 3 heterocycles. The number of hydrogen-bond acceptors (Lipinski definition) is 6. The van der Waals surface area contributed by atoms with Crippen molar-refractivity contribution in [1.82, 2.24) is 15.0 Å². The van der Waals surface area contributed by atoms with Crippen molar-refractivity contribution < 1.29 is 0 Å². The zero-order chi connectivity index (χ0) is 14.1. The minimum atomic E-state index is 0.312. The molecule has 2 N–H and O–H groups in total. The number of thiophene rings is 1. The summed E-state index contributed by atoms with van der Waals surface area (Å²) in [7, 11) is 2.00. The molecule has 0 saturated heterocycles. The number of aryl methyl sites for hydroxylation is 1. The Morgan fingerprint density at radius 2 is 2.20 bits per heavy atom. The molecule has 0 aromatic carbocycles. The minimum Gasteiger partial charge on any atom is -0.368 e. The molecule has 0 aliphatic rings. The third-order valence-electron chi connectivity index (χ3n) is 3.02. The monoisotopic (exact) mass is 285 g/mol. The van der Waals surface area contributed by atoms with Gasteiger partial charge in [-0.15, -0.1) is 11.3 Å². The first-order chi connectivity index (χ1) is 9.63. The first-order valence-electron chi connectivity index (χ1n) is 6.27. The van der Waals surface area contributed by atoms with E-state index in [1.807, 2.05) is 25.4 Å². The smallest absolute Gasteiger partial charge is 0.223 e. The molecule has 3 rings (SSSR count). The van der Waals surface area contributed by atoms with Gasteiger partial charge >= 0.3 is 0 Å². The van der Waals surface area contributed by atoms with E-state index in [1.165, 1.54) is 4.88 Å². The number of nitrogens with two attached hydrogens (primary N) is 1. The average Bonchev–Trinajstić information content (AvgIpc) is 2.78. The summed E-state index contributed by atoms with van der Waals surface area (Å²) in [6.07, 6.45) is 3.63. The summed E-state index contributed by atoms with van der Waals surface area (Å²) in [6, 6.07) is 6.08. The summed E-state index contributed by atoms with van der Waals surface area (Å²) < 4.78 is 0. The summed E-state index contributed by atoms with van der Waals surface area (Å²) in [5.74, 6) is 1.17. The molecule has 0 atom stereocenters. The van der Waals surface area contributed by atoms with Crippen molar-refractivity contribution in [2.75, 3.05) is 17.7 Å². The Kier molecular flexibility index (Phi) is 3.23. The van der Waals surface area contributed by atoms with E-state index < -0.39 is 0 Å². The second-order valence-electron chi connectivity index (χ2n) is 4.70. The molecule has 0 spiro atoms. The standard InChI is InChI=1S/C14H15N5S/c1-9-6-11-12(17-14(15)18-13(11)20-9)19(2)8-10-4-3-5-16-7-10/h3-7H,8H2,1-2H3,(H2,15,17,18). The van der Waals surface area contributed by atoms with E-state index in [9.17, 15) is 0 Å². The fourth-order valence-corrected chi connectivity index (χ4v) is 3.06. The molecular weight excluding hydrogens is 270 g/mol. The summed E-state index contributed by atoms with van der Waals surface area (Å²) >= 11 is 1.63. The van der Waals surface area contributed by atoms with E-state index >= 15 is 0 Å². The van der Waals surface area contributed by atoms with Gasteiger partial charge in [-0.3, -0.25) is 4.98 Å². The molecule has 0 aliphatic carbocycles. The summed E-state index contributed by atoms with van der Waals surface area (Å²) in [5.41, 5.74) is 6.94. The Morgan fingerprint density at radius 1 is 1.35 bits per heavy atom. The maximum Gasteiger partial charge on any atom is 0.223 e. The molecule has 0 radical (unpaired) electrons. The highest BCUT2D eigenvalue weighted by atomic mass is 32.1. The van der Waals surface area contributed by atoms with Gasteiger partial charge in [0.1, 0.15) is 10.6 Å². The van der Waals surface area contributed by atoms with Crippen molar-refractivity contribution in [2.45, 2.75) is 13.5 Å². The summed E-state index contributed by atoms with van der Waals surface area (Å²) in [6.45, 7) is 2.79. The number of pyridine rings is 1. The number of nitrogen functional groups attached to an aromatic ring is 1. The number of hydrogen-bond donors (Lipinski definition) is 1. The van der Waals surface area contributed by atoms with Crippen LogP contribution in [-0.2, 0) is 6.54 Å². The van der Waals surface area contributed by atoms with E-state index in [4.69, 9.17) is 5.73 Å². The van der Waals surface area contributed by atoms with E-state index in [-0.39, 0.29) is 0 Å². The topological polar surface area (TPSA) is 67.9 Å². The molecule has 0 bridgehead atoms. The van der Waals surface area contributed by atoms with Crippen LogP contribution < -0.4 is 10.6 Å². The van der Waals surface area contributed by atoms with Crippen LogP contribution >= 0.6 is 11.3 Å². The van der Waals surface area contributed by atoms with Gasteiger partial charge in [-0.25, -0.2) is 4.98 Å². The molecular formula is C14H15N5S. The number of rotatable bonds is 3. The molecule has 0 fully saturated rings. The van der Waals surface area contributed by atoms with E-state index in [0.717, 1.165) is 28.1 Å². The lowest BCUT2D eigenvalue weighted by Gasteiger charge is -2.19. The van der Waals surface area contributed by atoms with Gasteiger partial charge in [0.15, 0.2) is 0 Å². The lowest BCUT2D eigenvalue weighted by molar-refractivity contribution is 0.896. The van der Waals surface area contributed by atoms with Crippen molar-refractivity contribution in [1.29, 1.82) is 0 Å². The predicted octanol–water partition coefficient (Wildman–Crippen LogP) is 2.61. The molecule has 6 heteroatoms. The van der Waals surface area contributed by atoms with Gasteiger partial charge in [0.05, 0.1) is 5.39 Å². The number of aromatic nitrogens is 3. The average molecular weight is 285 g/mol. The van der Waals surface area contributed by atoms with E-state index in [1.54, 1.807) is 17.5 Å². The fourth-order valence-electron chi connectivity index (χ4n) is 2.17. The van der Waals surface area contributed by atoms with Crippen molar-refractivity contribution in [3.8, 4) is 0 Å². The minimum absolute atomic E-state index is 0.312. The lowest BCUT2D eigenvalue weighted by atomic mass is 10.2. The van der Waals surface area contributed by atoms with Crippen LogP contribution in [0, 0.1) is 6.92 Å².